The molecule has 140 valence electrons. The molecule has 1 aromatic rings. The van der Waals surface area contributed by atoms with Crippen molar-refractivity contribution in [3.8, 4) is 0 Å². The van der Waals surface area contributed by atoms with Gasteiger partial charge in [0.1, 0.15) is 0 Å². The Hall–Kier alpha value is -1.63. The Bertz CT molecular complexity index is 545. The monoisotopic (exact) mass is 368 g/mol. The first kappa shape index (κ1) is 21.4. The first-order valence-electron chi connectivity index (χ1n) is 8.54. The molecule has 1 aliphatic rings. The Balaban J connectivity index is 0.00000312. The third-order valence-corrected chi connectivity index (χ3v) is 4.41. The molecule has 1 atom stereocenters. The normalized spacial score (nSPS) is 16.2. The zero-order chi connectivity index (χ0) is 17.5. The molecule has 3 N–H and O–H groups in total. The molecule has 1 aliphatic heterocycles. The van der Waals surface area contributed by atoms with Crippen LogP contribution in [-0.2, 0) is 16.1 Å². The van der Waals surface area contributed by atoms with Gasteiger partial charge in [-0.1, -0.05) is 44.2 Å². The molecular formula is C18H29ClN4O2. The highest BCUT2D eigenvalue weighted by molar-refractivity contribution is 5.87. The average molecular weight is 369 g/mol. The predicted octanol–water partition coefficient (Wildman–Crippen LogP) is 0.852. The number of halogens is 1. The third-order valence-electron chi connectivity index (χ3n) is 4.41. The van der Waals surface area contributed by atoms with Crippen molar-refractivity contribution in [2.45, 2.75) is 26.4 Å². The van der Waals surface area contributed by atoms with E-state index in [2.05, 4.69) is 22.3 Å². The molecule has 2 amide bonds. The number of piperazine rings is 1. The van der Waals surface area contributed by atoms with Crippen LogP contribution in [0, 0.1) is 5.92 Å². The van der Waals surface area contributed by atoms with Crippen LogP contribution >= 0.6 is 12.4 Å². The minimum Gasteiger partial charge on any atom is -0.346 e. The van der Waals surface area contributed by atoms with Crippen LogP contribution in [-0.4, -0.2) is 60.4 Å². The average Bonchev–Trinajstić information content (AvgIpc) is 2.60. The van der Waals surface area contributed by atoms with Gasteiger partial charge in [-0.15, -0.1) is 12.4 Å². The quantitative estimate of drug-likeness (QED) is 0.780. The summed E-state index contributed by atoms with van der Waals surface area (Å²) in [7, 11) is 0. The second-order valence-electron chi connectivity index (χ2n) is 6.63. The number of hydrogen-bond acceptors (Lipinski definition) is 4. The number of nitrogens with zero attached hydrogens (tertiary/aromatic N) is 2. The molecular weight excluding hydrogens is 340 g/mol. The van der Waals surface area contributed by atoms with Crippen molar-refractivity contribution in [3.63, 3.8) is 0 Å². The molecule has 1 aromatic carbocycles. The first-order valence-corrected chi connectivity index (χ1v) is 8.54. The zero-order valence-electron chi connectivity index (χ0n) is 15.0. The summed E-state index contributed by atoms with van der Waals surface area (Å²) in [5.41, 5.74) is 7.06. The Morgan fingerprint density at radius 1 is 1.12 bits per heavy atom. The van der Waals surface area contributed by atoms with Gasteiger partial charge in [0.15, 0.2) is 0 Å². The minimum atomic E-state index is -0.569. The van der Waals surface area contributed by atoms with Crippen LogP contribution in [0.2, 0.25) is 0 Å². The number of amides is 2. The van der Waals surface area contributed by atoms with Gasteiger partial charge >= 0.3 is 0 Å². The summed E-state index contributed by atoms with van der Waals surface area (Å²) in [5.74, 6) is -0.249. The van der Waals surface area contributed by atoms with E-state index in [1.807, 2.05) is 36.9 Å². The Kier molecular flexibility index (Phi) is 8.89. The number of hydrogen-bond donors (Lipinski definition) is 2. The maximum Gasteiger partial charge on any atom is 0.242 e. The minimum absolute atomic E-state index is 0. The lowest BCUT2D eigenvalue weighted by Crippen LogP contribution is -2.52. The van der Waals surface area contributed by atoms with Crippen molar-refractivity contribution >= 4 is 24.2 Å². The largest absolute Gasteiger partial charge is 0.346 e. The maximum atomic E-state index is 12.2. The van der Waals surface area contributed by atoms with Gasteiger partial charge in [-0.05, 0) is 11.5 Å². The van der Waals surface area contributed by atoms with E-state index in [1.54, 1.807) is 0 Å². The number of carbonyl (C=O) groups excluding carboxylic acids is 2. The molecule has 7 heteroatoms. The van der Waals surface area contributed by atoms with Crippen LogP contribution in [0.1, 0.15) is 19.4 Å². The molecule has 0 aliphatic carbocycles. The number of nitrogens with one attached hydrogen (secondary N) is 1. The fraction of sp³-hybridized carbons (Fsp3) is 0.556. The lowest BCUT2D eigenvalue weighted by Gasteiger charge is -2.34. The highest BCUT2D eigenvalue weighted by Crippen LogP contribution is 2.08. The fourth-order valence-corrected chi connectivity index (χ4v) is 2.69. The van der Waals surface area contributed by atoms with Crippen LogP contribution in [0.3, 0.4) is 0 Å². The Morgan fingerprint density at radius 3 is 2.28 bits per heavy atom. The van der Waals surface area contributed by atoms with Crippen LogP contribution in [0.25, 0.3) is 0 Å². The van der Waals surface area contributed by atoms with Gasteiger partial charge in [0, 0.05) is 32.7 Å². The van der Waals surface area contributed by atoms with Gasteiger partial charge in [-0.3, -0.25) is 14.5 Å². The van der Waals surface area contributed by atoms with Crippen LogP contribution in [0.15, 0.2) is 30.3 Å². The molecule has 1 fully saturated rings. The van der Waals surface area contributed by atoms with Gasteiger partial charge in [0.05, 0.1) is 12.6 Å². The summed E-state index contributed by atoms with van der Waals surface area (Å²) < 4.78 is 0. The van der Waals surface area contributed by atoms with Gasteiger partial charge in [-0.25, -0.2) is 0 Å². The molecule has 0 aromatic heterocycles. The van der Waals surface area contributed by atoms with Crippen LogP contribution in [0.4, 0.5) is 0 Å². The molecule has 1 saturated heterocycles. The molecule has 0 bridgehead atoms. The SMILES string of the molecule is CC(C)[C@H](N)C(=O)NCC(=O)N1CCN(Cc2ccccc2)CC1.Cl. The van der Waals surface area contributed by atoms with E-state index in [1.165, 1.54) is 5.56 Å². The van der Waals surface area contributed by atoms with E-state index in [9.17, 15) is 9.59 Å². The van der Waals surface area contributed by atoms with E-state index < -0.39 is 6.04 Å². The molecule has 0 radical (unpaired) electrons. The second-order valence-corrected chi connectivity index (χ2v) is 6.63. The summed E-state index contributed by atoms with van der Waals surface area (Å²) in [6, 6.07) is 9.76. The highest BCUT2D eigenvalue weighted by Gasteiger charge is 2.23. The molecule has 2 rings (SSSR count). The topological polar surface area (TPSA) is 78.7 Å². The van der Waals surface area contributed by atoms with Crippen molar-refractivity contribution in [3.05, 3.63) is 35.9 Å². The second kappa shape index (κ2) is 10.4. The van der Waals surface area contributed by atoms with Crippen molar-refractivity contribution < 1.29 is 9.59 Å². The highest BCUT2D eigenvalue weighted by atomic mass is 35.5. The molecule has 0 spiro atoms. The Labute approximate surface area is 156 Å². The summed E-state index contributed by atoms with van der Waals surface area (Å²) >= 11 is 0. The fourth-order valence-electron chi connectivity index (χ4n) is 2.69. The lowest BCUT2D eigenvalue weighted by molar-refractivity contribution is -0.134. The predicted molar refractivity (Wildman–Crippen MR) is 101 cm³/mol. The summed E-state index contributed by atoms with van der Waals surface area (Å²) in [6.07, 6.45) is 0. The van der Waals surface area contributed by atoms with Crippen molar-refractivity contribution in [2.24, 2.45) is 11.7 Å². The molecule has 1 heterocycles. The smallest absolute Gasteiger partial charge is 0.242 e. The summed E-state index contributed by atoms with van der Waals surface area (Å²) in [4.78, 5) is 28.2. The summed E-state index contributed by atoms with van der Waals surface area (Å²) in [6.45, 7) is 7.78. The summed E-state index contributed by atoms with van der Waals surface area (Å²) in [5, 5.41) is 2.64. The van der Waals surface area contributed by atoms with Crippen LogP contribution in [0.5, 0.6) is 0 Å². The molecule has 0 unspecified atom stereocenters. The molecule has 0 saturated carbocycles. The first-order chi connectivity index (χ1) is 11.5. The van der Waals surface area contributed by atoms with Crippen LogP contribution < -0.4 is 11.1 Å². The molecule has 25 heavy (non-hydrogen) atoms. The van der Waals surface area contributed by atoms with E-state index >= 15 is 0 Å². The van der Waals surface area contributed by atoms with E-state index in [0.29, 0.717) is 13.1 Å². The van der Waals surface area contributed by atoms with Gasteiger partial charge < -0.3 is 16.0 Å². The van der Waals surface area contributed by atoms with Gasteiger partial charge in [0.25, 0.3) is 0 Å². The van der Waals surface area contributed by atoms with E-state index in [-0.39, 0.29) is 36.7 Å². The van der Waals surface area contributed by atoms with E-state index in [0.717, 1.165) is 19.6 Å². The third kappa shape index (κ3) is 6.65. The number of rotatable bonds is 6. The van der Waals surface area contributed by atoms with Crippen molar-refractivity contribution in [1.29, 1.82) is 0 Å². The number of carbonyl (C=O) groups is 2. The zero-order valence-corrected chi connectivity index (χ0v) is 15.8. The number of benzene rings is 1. The van der Waals surface area contributed by atoms with Crippen molar-refractivity contribution in [1.82, 2.24) is 15.1 Å². The van der Waals surface area contributed by atoms with Gasteiger partial charge in [-0.2, -0.15) is 0 Å². The standard InChI is InChI=1S/C18H28N4O2.ClH/c1-14(2)17(19)18(24)20-12-16(23)22-10-8-21(9-11-22)13-15-6-4-3-5-7-15;/h3-7,14,17H,8-13,19H2,1-2H3,(H,20,24);1H/t17-;/m0./s1. The lowest BCUT2D eigenvalue weighted by atomic mass is 10.1. The Morgan fingerprint density at radius 2 is 1.72 bits per heavy atom. The maximum absolute atomic E-state index is 12.2. The van der Waals surface area contributed by atoms with Crippen molar-refractivity contribution in [2.75, 3.05) is 32.7 Å². The van der Waals surface area contributed by atoms with Gasteiger partial charge in [0.2, 0.25) is 11.8 Å². The number of nitrogens with two attached hydrogens (primary N) is 1. The van der Waals surface area contributed by atoms with E-state index in [4.69, 9.17) is 5.73 Å². The molecule has 6 nitrogen and oxygen atoms in total.